The summed E-state index contributed by atoms with van der Waals surface area (Å²) in [7, 11) is -7.58. The normalized spacial score (nSPS) is 12.1. The number of nitrogens with one attached hydrogen (secondary N) is 1. The number of nitrogens with two attached hydrogens (primary N) is 1. The number of primary sulfonamides is 1. The molecular formula is C17H20BrN3O5S2. The van der Waals surface area contributed by atoms with Crippen molar-refractivity contribution < 1.29 is 21.6 Å². The Morgan fingerprint density at radius 1 is 1.00 bits per heavy atom. The highest BCUT2D eigenvalue weighted by molar-refractivity contribution is 9.10. The maximum atomic E-state index is 12.7. The monoisotopic (exact) mass is 489 g/mol. The summed E-state index contributed by atoms with van der Waals surface area (Å²) in [6.45, 7) is 1.58. The molecule has 0 unspecified atom stereocenters. The van der Waals surface area contributed by atoms with Gasteiger partial charge in [-0.2, -0.15) is 4.31 Å². The second-order valence-corrected chi connectivity index (χ2v) is 10.3. The summed E-state index contributed by atoms with van der Waals surface area (Å²) >= 11 is 3.25. The smallest absolute Gasteiger partial charge is 0.243 e. The standard InChI is InChI=1S/C17H20BrN3O5S2/c1-2-21(28(25,26)16-9-5-14(18)6-10-16)12-17(22)20-11-13-3-7-15(8-4-13)27(19,23)24/h3-10H,2,11-12H2,1H3,(H,20,22)(H2,19,23,24). The van der Waals surface area contributed by atoms with Gasteiger partial charge in [-0.3, -0.25) is 4.79 Å². The van der Waals surface area contributed by atoms with Gasteiger partial charge >= 0.3 is 0 Å². The summed E-state index contributed by atoms with van der Waals surface area (Å²) in [5.74, 6) is -0.474. The molecule has 0 heterocycles. The molecule has 1 amide bonds. The lowest BCUT2D eigenvalue weighted by Crippen LogP contribution is -2.40. The van der Waals surface area contributed by atoms with Crippen LogP contribution in [0, 0.1) is 0 Å². The first-order valence-electron chi connectivity index (χ1n) is 8.18. The maximum absolute atomic E-state index is 12.7. The van der Waals surface area contributed by atoms with Crippen molar-refractivity contribution in [2.45, 2.75) is 23.3 Å². The van der Waals surface area contributed by atoms with Crippen molar-refractivity contribution >= 4 is 41.9 Å². The minimum Gasteiger partial charge on any atom is -0.351 e. The number of carbonyl (C=O) groups is 1. The van der Waals surface area contributed by atoms with Crippen LogP contribution in [0.2, 0.25) is 0 Å². The van der Waals surface area contributed by atoms with Crippen LogP contribution in [-0.2, 0) is 31.4 Å². The number of sulfonamides is 2. The molecule has 0 radical (unpaired) electrons. The molecule has 2 aromatic rings. The Bertz CT molecular complexity index is 1040. The number of benzene rings is 2. The predicted octanol–water partition coefficient (Wildman–Crippen LogP) is 1.42. The molecular weight excluding hydrogens is 470 g/mol. The Morgan fingerprint density at radius 2 is 1.54 bits per heavy atom. The van der Waals surface area contributed by atoms with Gasteiger partial charge in [-0.05, 0) is 42.0 Å². The summed E-state index contributed by atoms with van der Waals surface area (Å²) in [6.07, 6.45) is 0. The van der Waals surface area contributed by atoms with Crippen LogP contribution in [-0.4, -0.2) is 40.1 Å². The number of hydrogen-bond donors (Lipinski definition) is 2. The van der Waals surface area contributed by atoms with Crippen molar-refractivity contribution in [2.75, 3.05) is 13.1 Å². The quantitative estimate of drug-likeness (QED) is 0.579. The lowest BCUT2D eigenvalue weighted by molar-refractivity contribution is -0.121. The fraction of sp³-hybridized carbons (Fsp3) is 0.235. The fourth-order valence-corrected chi connectivity index (χ4v) is 4.52. The first kappa shape index (κ1) is 22.5. The van der Waals surface area contributed by atoms with Crippen LogP contribution in [0.5, 0.6) is 0 Å². The van der Waals surface area contributed by atoms with Gasteiger partial charge in [0, 0.05) is 17.6 Å². The number of nitrogens with zero attached hydrogens (tertiary/aromatic N) is 1. The lowest BCUT2D eigenvalue weighted by Gasteiger charge is -2.20. The van der Waals surface area contributed by atoms with Crippen molar-refractivity contribution in [2.24, 2.45) is 5.14 Å². The van der Waals surface area contributed by atoms with Crippen LogP contribution in [0.25, 0.3) is 0 Å². The second-order valence-electron chi connectivity index (χ2n) is 5.85. The third-order valence-electron chi connectivity index (χ3n) is 3.87. The van der Waals surface area contributed by atoms with E-state index in [0.29, 0.717) is 5.56 Å². The van der Waals surface area contributed by atoms with E-state index in [9.17, 15) is 21.6 Å². The van der Waals surface area contributed by atoms with E-state index in [1.807, 2.05) is 0 Å². The molecule has 3 N–H and O–H groups in total. The Kier molecular flexibility index (Phi) is 7.34. The number of amides is 1. The molecule has 8 nitrogen and oxygen atoms in total. The molecule has 0 aromatic heterocycles. The maximum Gasteiger partial charge on any atom is 0.243 e. The number of halogens is 1. The molecule has 0 atom stereocenters. The Hall–Kier alpha value is -1.79. The van der Waals surface area contributed by atoms with Crippen LogP contribution in [0.4, 0.5) is 0 Å². The molecule has 0 spiro atoms. The molecule has 0 aliphatic heterocycles. The summed E-state index contributed by atoms with van der Waals surface area (Å²) < 4.78 is 49.7. The second kappa shape index (κ2) is 9.14. The van der Waals surface area contributed by atoms with E-state index in [0.717, 1.165) is 8.78 Å². The first-order valence-corrected chi connectivity index (χ1v) is 12.0. The van der Waals surface area contributed by atoms with Crippen molar-refractivity contribution in [3.05, 3.63) is 58.6 Å². The van der Waals surface area contributed by atoms with E-state index < -0.39 is 26.0 Å². The minimum atomic E-state index is -3.80. The highest BCUT2D eigenvalue weighted by atomic mass is 79.9. The number of hydrogen-bond acceptors (Lipinski definition) is 5. The highest BCUT2D eigenvalue weighted by Crippen LogP contribution is 2.18. The molecule has 0 aliphatic rings. The molecule has 0 saturated heterocycles. The van der Waals surface area contributed by atoms with Crippen molar-refractivity contribution in [1.82, 2.24) is 9.62 Å². The van der Waals surface area contributed by atoms with Crippen molar-refractivity contribution in [3.63, 3.8) is 0 Å². The Morgan fingerprint density at radius 3 is 2.04 bits per heavy atom. The first-order chi connectivity index (χ1) is 13.0. The molecule has 28 heavy (non-hydrogen) atoms. The van der Waals surface area contributed by atoms with Gasteiger partial charge in [-0.15, -0.1) is 0 Å². The largest absolute Gasteiger partial charge is 0.351 e. The zero-order valence-corrected chi connectivity index (χ0v) is 18.2. The van der Waals surface area contributed by atoms with Gasteiger partial charge in [0.05, 0.1) is 16.3 Å². The average Bonchev–Trinajstić information content (AvgIpc) is 2.64. The molecule has 0 fully saturated rings. The molecule has 11 heteroatoms. The van der Waals surface area contributed by atoms with E-state index in [1.54, 1.807) is 19.1 Å². The Labute approximate surface area is 173 Å². The molecule has 0 saturated carbocycles. The third kappa shape index (κ3) is 5.85. The number of rotatable bonds is 8. The van der Waals surface area contributed by atoms with Crippen LogP contribution >= 0.6 is 15.9 Å². The van der Waals surface area contributed by atoms with Crippen LogP contribution < -0.4 is 10.5 Å². The number of likely N-dealkylation sites (N-methyl/N-ethyl adjacent to an activating group) is 1. The van der Waals surface area contributed by atoms with Gasteiger partial charge in [0.25, 0.3) is 0 Å². The van der Waals surface area contributed by atoms with Gasteiger partial charge in [0.2, 0.25) is 26.0 Å². The Balaban J connectivity index is 2.01. The van der Waals surface area contributed by atoms with E-state index >= 15 is 0 Å². The van der Waals surface area contributed by atoms with Gasteiger partial charge in [-0.25, -0.2) is 22.0 Å². The van der Waals surface area contributed by atoms with Crippen LogP contribution in [0.15, 0.2) is 62.8 Å². The van der Waals surface area contributed by atoms with Crippen LogP contribution in [0.3, 0.4) is 0 Å². The van der Waals surface area contributed by atoms with E-state index in [2.05, 4.69) is 21.2 Å². The zero-order chi connectivity index (χ0) is 20.9. The molecule has 2 rings (SSSR count). The number of carbonyl (C=O) groups excluding carboxylic acids is 1. The van der Waals surface area contributed by atoms with E-state index in [-0.39, 0.29) is 29.4 Å². The highest BCUT2D eigenvalue weighted by Gasteiger charge is 2.25. The average molecular weight is 490 g/mol. The van der Waals surface area contributed by atoms with E-state index in [4.69, 9.17) is 5.14 Å². The van der Waals surface area contributed by atoms with Gasteiger partial charge in [-0.1, -0.05) is 35.0 Å². The lowest BCUT2D eigenvalue weighted by atomic mass is 10.2. The summed E-state index contributed by atoms with van der Waals surface area (Å²) in [5.41, 5.74) is 0.652. The van der Waals surface area contributed by atoms with Crippen molar-refractivity contribution in [3.8, 4) is 0 Å². The third-order valence-corrected chi connectivity index (χ3v) is 7.26. The molecule has 0 bridgehead atoms. The van der Waals surface area contributed by atoms with Crippen LogP contribution in [0.1, 0.15) is 12.5 Å². The summed E-state index contributed by atoms with van der Waals surface area (Å²) in [4.78, 5) is 12.3. The topological polar surface area (TPSA) is 127 Å². The zero-order valence-electron chi connectivity index (χ0n) is 15.0. The molecule has 2 aromatic carbocycles. The summed E-state index contributed by atoms with van der Waals surface area (Å²) in [6, 6.07) is 11.9. The summed E-state index contributed by atoms with van der Waals surface area (Å²) in [5, 5.41) is 7.65. The molecule has 0 aliphatic carbocycles. The SMILES string of the molecule is CCN(CC(=O)NCc1ccc(S(N)(=O)=O)cc1)S(=O)(=O)c1ccc(Br)cc1. The van der Waals surface area contributed by atoms with E-state index in [1.165, 1.54) is 36.4 Å². The molecule has 152 valence electrons. The van der Waals surface area contributed by atoms with Gasteiger partial charge in [0.1, 0.15) is 0 Å². The van der Waals surface area contributed by atoms with Gasteiger partial charge < -0.3 is 5.32 Å². The minimum absolute atomic E-state index is 0.0275. The van der Waals surface area contributed by atoms with Gasteiger partial charge in [0.15, 0.2) is 0 Å². The van der Waals surface area contributed by atoms with Crippen molar-refractivity contribution in [1.29, 1.82) is 0 Å². The fourth-order valence-electron chi connectivity index (χ4n) is 2.34. The predicted molar refractivity (Wildman–Crippen MR) is 108 cm³/mol.